The summed E-state index contributed by atoms with van der Waals surface area (Å²) in [5.41, 5.74) is 1.01. The zero-order valence-corrected chi connectivity index (χ0v) is 12.1. The van der Waals surface area contributed by atoms with E-state index in [1.165, 1.54) is 0 Å². The van der Waals surface area contributed by atoms with Crippen molar-refractivity contribution in [2.75, 3.05) is 19.7 Å². The van der Waals surface area contributed by atoms with Gasteiger partial charge in [-0.1, -0.05) is 36.7 Å². The summed E-state index contributed by atoms with van der Waals surface area (Å²) in [5.74, 6) is -0.200. The summed E-state index contributed by atoms with van der Waals surface area (Å²) in [6, 6.07) is 9.03. The Balaban J connectivity index is 2.38. The van der Waals surface area contributed by atoms with Crippen LogP contribution in [0.2, 0.25) is 5.02 Å². The van der Waals surface area contributed by atoms with Crippen molar-refractivity contribution >= 4 is 28.4 Å². The monoisotopic (exact) mass is 292 g/mol. The van der Waals surface area contributed by atoms with Gasteiger partial charge in [-0.05, 0) is 18.6 Å². The van der Waals surface area contributed by atoms with Crippen LogP contribution in [-0.4, -0.2) is 40.6 Å². The molecule has 20 heavy (non-hydrogen) atoms. The Morgan fingerprint density at radius 2 is 2.10 bits per heavy atom. The molecule has 2 rings (SSSR count). The first-order valence-electron chi connectivity index (χ1n) is 6.62. The van der Waals surface area contributed by atoms with E-state index in [1.54, 1.807) is 11.0 Å². The van der Waals surface area contributed by atoms with Crippen LogP contribution in [0.25, 0.3) is 10.9 Å². The van der Waals surface area contributed by atoms with Gasteiger partial charge in [-0.2, -0.15) is 0 Å². The fourth-order valence-electron chi connectivity index (χ4n) is 2.11. The molecule has 1 aromatic carbocycles. The summed E-state index contributed by atoms with van der Waals surface area (Å²) in [6.45, 7) is 2.82. The number of amides is 1. The number of nitrogens with zero attached hydrogens (tertiary/aromatic N) is 2. The Labute approximate surface area is 123 Å². The first kappa shape index (κ1) is 14.8. The molecule has 0 fully saturated rings. The van der Waals surface area contributed by atoms with E-state index in [-0.39, 0.29) is 12.5 Å². The molecule has 1 amide bonds. The third kappa shape index (κ3) is 3.08. The molecule has 0 aliphatic rings. The van der Waals surface area contributed by atoms with Gasteiger partial charge in [-0.15, -0.1) is 0 Å². The standard InChI is InChI=1S/C15H17ClN2O2/c1-2-7-18(8-9-19)15(20)14-10-12(16)11-5-3-4-6-13(11)17-14/h3-6,10,19H,2,7-9H2,1H3. The Bertz CT molecular complexity index is 610. The molecule has 0 aliphatic heterocycles. The number of aliphatic hydroxyl groups is 1. The van der Waals surface area contributed by atoms with E-state index in [2.05, 4.69) is 4.98 Å². The van der Waals surface area contributed by atoms with Gasteiger partial charge in [0, 0.05) is 18.5 Å². The van der Waals surface area contributed by atoms with Crippen LogP contribution >= 0.6 is 11.6 Å². The smallest absolute Gasteiger partial charge is 0.272 e. The minimum Gasteiger partial charge on any atom is -0.395 e. The number of hydrogen-bond donors (Lipinski definition) is 1. The summed E-state index contributed by atoms with van der Waals surface area (Å²) >= 11 is 6.20. The predicted octanol–water partition coefficient (Wildman–Crippen LogP) is 2.73. The minimum atomic E-state index is -0.200. The fraction of sp³-hybridized carbons (Fsp3) is 0.333. The highest BCUT2D eigenvalue weighted by Gasteiger charge is 2.17. The van der Waals surface area contributed by atoms with Crippen LogP contribution in [-0.2, 0) is 0 Å². The SMILES string of the molecule is CCCN(CCO)C(=O)c1cc(Cl)c2ccccc2n1. The van der Waals surface area contributed by atoms with Gasteiger partial charge in [0.1, 0.15) is 5.69 Å². The van der Waals surface area contributed by atoms with Crippen LogP contribution in [0.15, 0.2) is 30.3 Å². The molecule has 0 atom stereocenters. The van der Waals surface area contributed by atoms with Crippen molar-refractivity contribution in [3.63, 3.8) is 0 Å². The average Bonchev–Trinajstić information content (AvgIpc) is 2.46. The van der Waals surface area contributed by atoms with E-state index in [4.69, 9.17) is 16.7 Å². The molecule has 1 aromatic heterocycles. The van der Waals surface area contributed by atoms with Crippen LogP contribution < -0.4 is 0 Å². The molecule has 0 radical (unpaired) electrons. The third-order valence-corrected chi connectivity index (χ3v) is 3.35. The minimum absolute atomic E-state index is 0.0624. The van der Waals surface area contributed by atoms with Crippen LogP contribution in [0, 0.1) is 0 Å². The van der Waals surface area contributed by atoms with Gasteiger partial charge in [0.25, 0.3) is 5.91 Å². The third-order valence-electron chi connectivity index (χ3n) is 3.04. The second kappa shape index (κ2) is 6.68. The molecule has 5 heteroatoms. The molecular weight excluding hydrogens is 276 g/mol. The van der Waals surface area contributed by atoms with E-state index >= 15 is 0 Å². The van der Waals surface area contributed by atoms with Crippen molar-refractivity contribution in [3.05, 3.63) is 41.0 Å². The Morgan fingerprint density at radius 3 is 2.80 bits per heavy atom. The lowest BCUT2D eigenvalue weighted by atomic mass is 10.2. The van der Waals surface area contributed by atoms with E-state index in [9.17, 15) is 4.79 Å². The molecule has 0 saturated heterocycles. The number of fused-ring (bicyclic) bond motifs is 1. The molecule has 0 unspecified atom stereocenters. The molecule has 4 nitrogen and oxygen atoms in total. The Morgan fingerprint density at radius 1 is 1.35 bits per heavy atom. The van der Waals surface area contributed by atoms with Crippen LogP contribution in [0.1, 0.15) is 23.8 Å². The Kier molecular flexibility index (Phi) is 4.93. The second-order valence-corrected chi connectivity index (χ2v) is 4.93. The number of para-hydroxylation sites is 1. The maximum Gasteiger partial charge on any atom is 0.272 e. The predicted molar refractivity (Wildman–Crippen MR) is 80.0 cm³/mol. The van der Waals surface area contributed by atoms with E-state index in [1.807, 2.05) is 31.2 Å². The lowest BCUT2D eigenvalue weighted by Crippen LogP contribution is -2.34. The summed E-state index contributed by atoms with van der Waals surface area (Å²) in [7, 11) is 0. The van der Waals surface area contributed by atoms with E-state index < -0.39 is 0 Å². The lowest BCUT2D eigenvalue weighted by molar-refractivity contribution is 0.0716. The fourth-order valence-corrected chi connectivity index (χ4v) is 2.37. The first-order chi connectivity index (χ1) is 9.67. The first-order valence-corrected chi connectivity index (χ1v) is 7.00. The van der Waals surface area contributed by atoms with Crippen molar-refractivity contribution in [1.29, 1.82) is 0 Å². The summed E-state index contributed by atoms with van der Waals surface area (Å²) in [4.78, 5) is 18.4. The van der Waals surface area contributed by atoms with Gasteiger partial charge < -0.3 is 10.0 Å². The number of benzene rings is 1. The van der Waals surface area contributed by atoms with Crippen LogP contribution in [0.4, 0.5) is 0 Å². The molecule has 1 heterocycles. The largest absolute Gasteiger partial charge is 0.395 e. The highest BCUT2D eigenvalue weighted by Crippen LogP contribution is 2.23. The quantitative estimate of drug-likeness (QED) is 0.922. The number of aliphatic hydroxyl groups excluding tert-OH is 1. The molecule has 0 saturated carbocycles. The van der Waals surface area contributed by atoms with E-state index in [0.29, 0.717) is 29.3 Å². The summed E-state index contributed by atoms with van der Waals surface area (Å²) in [6.07, 6.45) is 0.826. The summed E-state index contributed by atoms with van der Waals surface area (Å²) in [5, 5.41) is 10.4. The number of aromatic nitrogens is 1. The van der Waals surface area contributed by atoms with Crippen molar-refractivity contribution in [2.24, 2.45) is 0 Å². The van der Waals surface area contributed by atoms with Gasteiger partial charge in [-0.25, -0.2) is 4.98 Å². The maximum atomic E-state index is 12.4. The number of hydrogen-bond acceptors (Lipinski definition) is 3. The van der Waals surface area contributed by atoms with Crippen molar-refractivity contribution in [3.8, 4) is 0 Å². The normalized spacial score (nSPS) is 10.8. The topological polar surface area (TPSA) is 53.4 Å². The molecule has 2 aromatic rings. The molecular formula is C15H17ClN2O2. The maximum absolute atomic E-state index is 12.4. The molecule has 0 bridgehead atoms. The zero-order valence-electron chi connectivity index (χ0n) is 11.3. The Hall–Kier alpha value is -1.65. The van der Waals surface area contributed by atoms with Gasteiger partial charge >= 0.3 is 0 Å². The van der Waals surface area contributed by atoms with Crippen LogP contribution in [0.3, 0.4) is 0 Å². The average molecular weight is 293 g/mol. The van der Waals surface area contributed by atoms with Gasteiger partial charge in [0.05, 0.1) is 17.1 Å². The van der Waals surface area contributed by atoms with E-state index in [0.717, 1.165) is 11.8 Å². The summed E-state index contributed by atoms with van der Waals surface area (Å²) < 4.78 is 0. The second-order valence-electron chi connectivity index (χ2n) is 4.52. The molecule has 106 valence electrons. The van der Waals surface area contributed by atoms with Gasteiger partial charge in [0.15, 0.2) is 0 Å². The van der Waals surface area contributed by atoms with Crippen molar-refractivity contribution in [1.82, 2.24) is 9.88 Å². The molecule has 0 aliphatic carbocycles. The van der Waals surface area contributed by atoms with Crippen LogP contribution in [0.5, 0.6) is 0 Å². The van der Waals surface area contributed by atoms with Gasteiger partial charge in [0.2, 0.25) is 0 Å². The lowest BCUT2D eigenvalue weighted by Gasteiger charge is -2.20. The highest BCUT2D eigenvalue weighted by atomic mass is 35.5. The number of carbonyl (C=O) groups is 1. The molecule has 0 spiro atoms. The number of carbonyl (C=O) groups excluding carboxylic acids is 1. The van der Waals surface area contributed by atoms with Gasteiger partial charge in [-0.3, -0.25) is 4.79 Å². The highest BCUT2D eigenvalue weighted by molar-refractivity contribution is 6.35. The van der Waals surface area contributed by atoms with Crippen molar-refractivity contribution in [2.45, 2.75) is 13.3 Å². The van der Waals surface area contributed by atoms with Crippen molar-refractivity contribution < 1.29 is 9.90 Å². The number of halogens is 1. The number of rotatable bonds is 5. The zero-order chi connectivity index (χ0) is 14.5. The molecule has 1 N–H and O–H groups in total. The number of pyridine rings is 1.